The summed E-state index contributed by atoms with van der Waals surface area (Å²) in [6, 6.07) is 18.5. The first kappa shape index (κ1) is 13.9. The van der Waals surface area contributed by atoms with Crippen molar-refractivity contribution in [1.82, 2.24) is 9.78 Å². The molecule has 0 aliphatic heterocycles. The van der Waals surface area contributed by atoms with Gasteiger partial charge in [-0.25, -0.2) is 4.68 Å². The average Bonchev–Trinajstić information content (AvgIpc) is 3.05. The Kier molecular flexibility index (Phi) is 4.07. The summed E-state index contributed by atoms with van der Waals surface area (Å²) in [6.07, 6.45) is 4.86. The summed E-state index contributed by atoms with van der Waals surface area (Å²) in [5, 5.41) is 4.23. The Morgan fingerprint density at radius 2 is 1.71 bits per heavy atom. The topological polar surface area (TPSA) is 17.8 Å². The third-order valence-corrected chi connectivity index (χ3v) is 4.10. The number of aromatic nitrogens is 2. The van der Waals surface area contributed by atoms with E-state index in [4.69, 9.17) is 11.6 Å². The molecule has 0 amide bonds. The minimum Gasteiger partial charge on any atom is -0.241 e. The van der Waals surface area contributed by atoms with Crippen molar-refractivity contribution < 1.29 is 0 Å². The van der Waals surface area contributed by atoms with Gasteiger partial charge in [0.15, 0.2) is 0 Å². The van der Waals surface area contributed by atoms with Gasteiger partial charge >= 0.3 is 0 Å². The second-order valence-corrected chi connectivity index (χ2v) is 5.45. The number of hydrogen-bond acceptors (Lipinski definition) is 1. The second-order valence-electron chi connectivity index (χ2n) is 5.01. The first-order chi connectivity index (χ1) is 10.3. The van der Waals surface area contributed by atoms with Crippen LogP contribution in [0.25, 0.3) is 5.69 Å². The molecule has 0 spiro atoms. The Balaban J connectivity index is 1.85. The van der Waals surface area contributed by atoms with Gasteiger partial charge in [0.25, 0.3) is 0 Å². The molecule has 21 heavy (non-hydrogen) atoms. The van der Waals surface area contributed by atoms with Crippen LogP contribution >= 0.6 is 11.6 Å². The van der Waals surface area contributed by atoms with Crippen LogP contribution in [0.15, 0.2) is 67.0 Å². The largest absolute Gasteiger partial charge is 0.241 e. The maximum absolute atomic E-state index is 6.57. The van der Waals surface area contributed by atoms with Crippen molar-refractivity contribution >= 4 is 11.6 Å². The number of hydrogen-bond donors (Lipinski definition) is 0. The summed E-state index contributed by atoms with van der Waals surface area (Å²) in [5.74, 6) is 0. The van der Waals surface area contributed by atoms with Gasteiger partial charge < -0.3 is 0 Å². The molecule has 3 heteroatoms. The number of rotatable bonds is 4. The molecule has 0 saturated carbocycles. The number of benzene rings is 2. The van der Waals surface area contributed by atoms with Crippen molar-refractivity contribution in [2.24, 2.45) is 0 Å². The van der Waals surface area contributed by atoms with Crippen LogP contribution in [-0.4, -0.2) is 9.78 Å². The lowest BCUT2D eigenvalue weighted by Crippen LogP contribution is -1.94. The second kappa shape index (κ2) is 6.15. The highest BCUT2D eigenvalue weighted by atomic mass is 35.5. The van der Waals surface area contributed by atoms with Crippen LogP contribution in [0.2, 0.25) is 0 Å². The molecule has 1 atom stereocenters. The quantitative estimate of drug-likeness (QED) is 0.635. The number of alkyl halides is 1. The van der Waals surface area contributed by atoms with Gasteiger partial charge in [-0.05, 0) is 29.7 Å². The Labute approximate surface area is 130 Å². The van der Waals surface area contributed by atoms with Crippen molar-refractivity contribution in [2.75, 3.05) is 0 Å². The van der Waals surface area contributed by atoms with Gasteiger partial charge in [-0.15, -0.1) is 11.6 Å². The predicted molar refractivity (Wildman–Crippen MR) is 87.1 cm³/mol. The summed E-state index contributed by atoms with van der Waals surface area (Å²) < 4.78 is 1.85. The summed E-state index contributed by atoms with van der Waals surface area (Å²) >= 11 is 6.57. The molecule has 2 nitrogen and oxygen atoms in total. The SMILES string of the molecule is CCc1ccc(C(Cl)c2cnn(-c3ccccc3)c2)cc1. The molecule has 0 N–H and O–H groups in total. The maximum atomic E-state index is 6.57. The van der Waals surface area contributed by atoms with Crippen molar-refractivity contribution in [2.45, 2.75) is 18.7 Å². The molecule has 1 aromatic heterocycles. The van der Waals surface area contributed by atoms with E-state index >= 15 is 0 Å². The molecule has 0 bridgehead atoms. The lowest BCUT2D eigenvalue weighted by Gasteiger charge is -2.08. The lowest BCUT2D eigenvalue weighted by molar-refractivity contribution is 0.880. The third kappa shape index (κ3) is 3.01. The molecular formula is C18H17ClN2. The van der Waals surface area contributed by atoms with Gasteiger partial charge in [0.1, 0.15) is 0 Å². The summed E-state index contributed by atoms with van der Waals surface area (Å²) in [7, 11) is 0. The molecule has 0 saturated heterocycles. The minimum absolute atomic E-state index is 0.173. The average molecular weight is 297 g/mol. The predicted octanol–water partition coefficient (Wildman–Crippen LogP) is 4.76. The van der Waals surface area contributed by atoms with Gasteiger partial charge in [0, 0.05) is 11.8 Å². The Morgan fingerprint density at radius 1 is 1.00 bits per heavy atom. The zero-order valence-corrected chi connectivity index (χ0v) is 12.7. The smallest absolute Gasteiger partial charge is 0.0865 e. The van der Waals surface area contributed by atoms with Crippen LogP contribution in [0.3, 0.4) is 0 Å². The molecule has 1 heterocycles. The van der Waals surface area contributed by atoms with Crippen molar-refractivity contribution in [3.8, 4) is 5.69 Å². The highest BCUT2D eigenvalue weighted by Crippen LogP contribution is 2.29. The number of halogens is 1. The molecule has 106 valence electrons. The number of nitrogens with zero attached hydrogens (tertiary/aromatic N) is 2. The fourth-order valence-electron chi connectivity index (χ4n) is 2.30. The van der Waals surface area contributed by atoms with Crippen LogP contribution in [0, 0.1) is 0 Å². The van der Waals surface area contributed by atoms with Crippen LogP contribution in [0.4, 0.5) is 0 Å². The maximum Gasteiger partial charge on any atom is 0.0865 e. The van der Waals surface area contributed by atoms with Crippen LogP contribution in [-0.2, 0) is 6.42 Å². The van der Waals surface area contributed by atoms with Gasteiger partial charge in [-0.3, -0.25) is 0 Å². The van der Waals surface area contributed by atoms with Crippen LogP contribution in [0.1, 0.15) is 29.0 Å². The van der Waals surface area contributed by atoms with Gasteiger partial charge in [-0.1, -0.05) is 49.4 Å². The lowest BCUT2D eigenvalue weighted by atomic mass is 10.0. The van der Waals surface area contributed by atoms with E-state index in [1.54, 1.807) is 0 Å². The van der Waals surface area contributed by atoms with Crippen molar-refractivity contribution in [3.63, 3.8) is 0 Å². The highest BCUT2D eigenvalue weighted by Gasteiger charge is 2.13. The zero-order chi connectivity index (χ0) is 14.7. The van der Waals surface area contributed by atoms with E-state index in [0.717, 1.165) is 23.2 Å². The molecule has 0 aliphatic carbocycles. The fraction of sp³-hybridized carbons (Fsp3) is 0.167. The van der Waals surface area contributed by atoms with E-state index in [2.05, 4.69) is 36.3 Å². The van der Waals surface area contributed by atoms with Crippen LogP contribution < -0.4 is 0 Å². The van der Waals surface area contributed by atoms with Gasteiger partial charge in [-0.2, -0.15) is 5.10 Å². The standard InChI is InChI=1S/C18H17ClN2/c1-2-14-8-10-15(11-9-14)18(19)16-12-20-21(13-16)17-6-4-3-5-7-17/h3-13,18H,2H2,1H3. The molecule has 3 aromatic rings. The van der Waals surface area contributed by atoms with E-state index in [1.165, 1.54) is 5.56 Å². The normalized spacial score (nSPS) is 12.3. The number of para-hydroxylation sites is 1. The Bertz CT molecular complexity index is 702. The highest BCUT2D eigenvalue weighted by molar-refractivity contribution is 6.22. The molecule has 2 aromatic carbocycles. The van der Waals surface area contributed by atoms with E-state index in [9.17, 15) is 0 Å². The van der Waals surface area contributed by atoms with Gasteiger partial charge in [0.05, 0.1) is 17.3 Å². The Hall–Kier alpha value is -2.06. The molecular weight excluding hydrogens is 280 g/mol. The van der Waals surface area contributed by atoms with E-state index in [-0.39, 0.29) is 5.38 Å². The first-order valence-corrected chi connectivity index (χ1v) is 7.54. The molecule has 0 fully saturated rings. The van der Waals surface area contributed by atoms with E-state index in [0.29, 0.717) is 0 Å². The first-order valence-electron chi connectivity index (χ1n) is 7.11. The van der Waals surface area contributed by atoms with Crippen LogP contribution in [0.5, 0.6) is 0 Å². The number of aryl methyl sites for hydroxylation is 1. The molecule has 0 radical (unpaired) electrons. The molecule has 3 rings (SSSR count). The minimum atomic E-state index is -0.173. The van der Waals surface area contributed by atoms with Gasteiger partial charge in [0.2, 0.25) is 0 Å². The van der Waals surface area contributed by atoms with Crippen molar-refractivity contribution in [3.05, 3.63) is 83.7 Å². The third-order valence-electron chi connectivity index (χ3n) is 3.60. The monoisotopic (exact) mass is 296 g/mol. The van der Waals surface area contributed by atoms with E-state index in [1.807, 2.05) is 47.4 Å². The van der Waals surface area contributed by atoms with E-state index < -0.39 is 0 Å². The molecule has 1 unspecified atom stereocenters. The molecule has 0 aliphatic rings. The summed E-state index contributed by atoms with van der Waals surface area (Å²) in [4.78, 5) is 0. The fourth-order valence-corrected chi connectivity index (χ4v) is 2.56. The van der Waals surface area contributed by atoms with Crippen molar-refractivity contribution in [1.29, 1.82) is 0 Å². The Morgan fingerprint density at radius 3 is 2.38 bits per heavy atom. The summed E-state index contributed by atoms with van der Waals surface area (Å²) in [6.45, 7) is 2.15. The summed E-state index contributed by atoms with van der Waals surface area (Å²) in [5.41, 5.74) is 4.46. The zero-order valence-electron chi connectivity index (χ0n) is 11.9.